The van der Waals surface area contributed by atoms with E-state index < -0.39 is 39.1 Å². The smallest absolute Gasteiger partial charge is 0.417 e. The number of hydrogen-bond acceptors (Lipinski definition) is 5. The maximum Gasteiger partial charge on any atom is 0.417 e. The van der Waals surface area contributed by atoms with E-state index in [4.69, 9.17) is 21.1 Å². The van der Waals surface area contributed by atoms with E-state index in [9.17, 15) is 26.4 Å². The molecule has 0 saturated heterocycles. The number of fused-ring (bicyclic) bond motifs is 1. The fourth-order valence-corrected chi connectivity index (χ4v) is 4.71. The molecule has 2 aromatic rings. The SMILES string of the molecule is CCN(CC(=O)Nc1ccc2c(c1)OCCO2)S(=O)(=O)c1ccc(Cl)cc1C(F)(F)F. The highest BCUT2D eigenvalue weighted by atomic mass is 35.5. The summed E-state index contributed by atoms with van der Waals surface area (Å²) in [5, 5.41) is 2.25. The molecule has 1 aliphatic heterocycles. The van der Waals surface area contributed by atoms with Gasteiger partial charge in [0.05, 0.1) is 17.0 Å². The molecule has 0 fully saturated rings. The van der Waals surface area contributed by atoms with E-state index in [1.54, 1.807) is 6.07 Å². The molecule has 0 aliphatic carbocycles. The van der Waals surface area contributed by atoms with Crippen LogP contribution in [-0.4, -0.2) is 44.9 Å². The average molecular weight is 479 g/mol. The molecule has 1 heterocycles. The van der Waals surface area contributed by atoms with Crippen LogP contribution in [0.1, 0.15) is 12.5 Å². The highest BCUT2D eigenvalue weighted by Gasteiger charge is 2.39. The molecule has 0 radical (unpaired) electrons. The molecule has 1 amide bonds. The number of rotatable bonds is 6. The number of nitrogens with one attached hydrogen (secondary N) is 1. The average Bonchev–Trinajstić information content (AvgIpc) is 2.71. The number of hydrogen-bond donors (Lipinski definition) is 1. The summed E-state index contributed by atoms with van der Waals surface area (Å²) >= 11 is 5.62. The fraction of sp³-hybridized carbons (Fsp3) is 0.316. The molecule has 2 aromatic carbocycles. The lowest BCUT2D eigenvalue weighted by molar-refractivity contribution is -0.139. The number of nitrogens with zero attached hydrogens (tertiary/aromatic N) is 1. The predicted octanol–water partition coefficient (Wildman–Crippen LogP) is 3.78. The van der Waals surface area contributed by atoms with Gasteiger partial charge >= 0.3 is 6.18 Å². The molecular formula is C19H18ClF3N2O5S. The van der Waals surface area contributed by atoms with E-state index in [2.05, 4.69) is 5.32 Å². The number of likely N-dealkylation sites (N-methyl/N-ethyl adjacent to an activating group) is 1. The summed E-state index contributed by atoms with van der Waals surface area (Å²) in [6.45, 7) is 1.24. The van der Waals surface area contributed by atoms with Gasteiger partial charge in [0.15, 0.2) is 11.5 Å². The lowest BCUT2D eigenvalue weighted by Crippen LogP contribution is -2.38. The third-order valence-corrected chi connectivity index (χ3v) is 6.58. The van der Waals surface area contributed by atoms with E-state index >= 15 is 0 Å². The minimum absolute atomic E-state index is 0.225. The highest BCUT2D eigenvalue weighted by Crippen LogP contribution is 2.37. The summed E-state index contributed by atoms with van der Waals surface area (Å²) in [6.07, 6.45) is -4.94. The van der Waals surface area contributed by atoms with Crippen LogP contribution in [0.4, 0.5) is 18.9 Å². The van der Waals surface area contributed by atoms with Crippen LogP contribution in [0.5, 0.6) is 11.5 Å². The lowest BCUT2D eigenvalue weighted by Gasteiger charge is -2.23. The van der Waals surface area contributed by atoms with Crippen molar-refractivity contribution in [3.05, 3.63) is 47.0 Å². The zero-order chi connectivity index (χ0) is 22.8. The number of anilines is 1. The monoisotopic (exact) mass is 478 g/mol. The third-order valence-electron chi connectivity index (χ3n) is 4.36. The maximum absolute atomic E-state index is 13.4. The first-order valence-electron chi connectivity index (χ1n) is 9.08. The van der Waals surface area contributed by atoms with Crippen LogP contribution in [0.25, 0.3) is 0 Å². The minimum Gasteiger partial charge on any atom is -0.486 e. The van der Waals surface area contributed by atoms with Gasteiger partial charge in [-0.3, -0.25) is 4.79 Å². The van der Waals surface area contributed by atoms with Gasteiger partial charge in [-0.05, 0) is 30.3 Å². The maximum atomic E-state index is 13.4. The number of sulfonamides is 1. The van der Waals surface area contributed by atoms with Gasteiger partial charge in [0.25, 0.3) is 0 Å². The van der Waals surface area contributed by atoms with E-state index in [1.165, 1.54) is 19.1 Å². The molecule has 0 aromatic heterocycles. The van der Waals surface area contributed by atoms with Crippen molar-refractivity contribution < 1.29 is 35.9 Å². The van der Waals surface area contributed by atoms with Crippen molar-refractivity contribution in [1.29, 1.82) is 0 Å². The second-order valence-corrected chi connectivity index (χ2v) is 8.82. The Kier molecular flexibility index (Phi) is 6.68. The largest absolute Gasteiger partial charge is 0.486 e. The molecule has 3 rings (SSSR count). The molecule has 1 aliphatic rings. The van der Waals surface area contributed by atoms with Crippen LogP contribution >= 0.6 is 11.6 Å². The van der Waals surface area contributed by atoms with E-state index in [1.807, 2.05) is 0 Å². The summed E-state index contributed by atoms with van der Waals surface area (Å²) in [6, 6.07) is 7.00. The predicted molar refractivity (Wildman–Crippen MR) is 107 cm³/mol. The van der Waals surface area contributed by atoms with Crippen molar-refractivity contribution in [2.75, 3.05) is 31.6 Å². The molecule has 7 nitrogen and oxygen atoms in total. The molecule has 12 heteroatoms. The molecule has 0 spiro atoms. The summed E-state index contributed by atoms with van der Waals surface area (Å²) in [4.78, 5) is 11.5. The number of halogens is 4. The summed E-state index contributed by atoms with van der Waals surface area (Å²) < 4.78 is 77.3. The van der Waals surface area contributed by atoms with Crippen molar-refractivity contribution >= 4 is 33.2 Å². The Morgan fingerprint density at radius 2 is 1.81 bits per heavy atom. The van der Waals surface area contributed by atoms with Crippen LogP contribution in [0.15, 0.2) is 41.3 Å². The van der Waals surface area contributed by atoms with Crippen molar-refractivity contribution in [3.8, 4) is 11.5 Å². The van der Waals surface area contributed by atoms with Gasteiger partial charge in [0.2, 0.25) is 15.9 Å². The van der Waals surface area contributed by atoms with Crippen LogP contribution in [0, 0.1) is 0 Å². The second-order valence-electron chi connectivity index (χ2n) is 6.48. The Morgan fingerprint density at radius 1 is 1.13 bits per heavy atom. The van der Waals surface area contributed by atoms with Crippen LogP contribution < -0.4 is 14.8 Å². The number of carbonyl (C=O) groups excluding carboxylic acids is 1. The van der Waals surface area contributed by atoms with E-state index in [0.717, 1.165) is 12.1 Å². The topological polar surface area (TPSA) is 84.9 Å². The Hall–Kier alpha value is -2.50. The van der Waals surface area contributed by atoms with Gasteiger partial charge in [0.1, 0.15) is 13.2 Å². The van der Waals surface area contributed by atoms with Gasteiger partial charge in [-0.1, -0.05) is 18.5 Å². The molecule has 0 atom stereocenters. The first-order chi connectivity index (χ1) is 14.5. The summed E-state index contributed by atoms with van der Waals surface area (Å²) in [7, 11) is -4.63. The standard InChI is InChI=1S/C19H18ClF3N2O5S/c1-2-25(31(27,28)17-6-3-12(20)9-14(17)19(21,22)23)11-18(26)24-13-4-5-15-16(10-13)30-8-7-29-15/h3-6,9-10H,2,7-8,11H2,1H3,(H,24,26). The van der Waals surface area contributed by atoms with Crippen LogP contribution in [0.2, 0.25) is 5.02 Å². The van der Waals surface area contributed by atoms with Crippen molar-refractivity contribution in [2.24, 2.45) is 0 Å². The summed E-state index contributed by atoms with van der Waals surface area (Å²) in [5.74, 6) is 0.189. The molecule has 1 N–H and O–H groups in total. The van der Waals surface area contributed by atoms with Crippen molar-refractivity contribution in [3.63, 3.8) is 0 Å². The number of alkyl halides is 3. The van der Waals surface area contributed by atoms with Gasteiger partial charge in [0, 0.05) is 23.3 Å². The molecule has 31 heavy (non-hydrogen) atoms. The van der Waals surface area contributed by atoms with Crippen LogP contribution in [-0.2, 0) is 21.0 Å². The molecular weight excluding hydrogens is 461 g/mol. The first-order valence-corrected chi connectivity index (χ1v) is 10.9. The van der Waals surface area contributed by atoms with Gasteiger partial charge in [-0.2, -0.15) is 17.5 Å². The Morgan fingerprint density at radius 3 is 2.45 bits per heavy atom. The quantitative estimate of drug-likeness (QED) is 0.683. The van der Waals surface area contributed by atoms with E-state index in [0.29, 0.717) is 40.8 Å². The normalized spacial score (nSPS) is 13.9. The third kappa shape index (κ3) is 5.23. The number of amides is 1. The number of benzene rings is 2. The molecule has 168 valence electrons. The van der Waals surface area contributed by atoms with Crippen LogP contribution in [0.3, 0.4) is 0 Å². The molecule has 0 bridgehead atoms. The first kappa shape index (κ1) is 23.2. The molecule has 0 saturated carbocycles. The fourth-order valence-electron chi connectivity index (χ4n) is 2.94. The second kappa shape index (κ2) is 8.93. The zero-order valence-electron chi connectivity index (χ0n) is 16.2. The van der Waals surface area contributed by atoms with Gasteiger partial charge < -0.3 is 14.8 Å². The summed E-state index contributed by atoms with van der Waals surface area (Å²) in [5.41, 5.74) is -1.07. The lowest BCUT2D eigenvalue weighted by atomic mass is 10.2. The van der Waals surface area contributed by atoms with Crippen molar-refractivity contribution in [1.82, 2.24) is 4.31 Å². The number of carbonyl (C=O) groups is 1. The Bertz CT molecular complexity index is 1090. The van der Waals surface area contributed by atoms with Crippen molar-refractivity contribution in [2.45, 2.75) is 18.0 Å². The highest BCUT2D eigenvalue weighted by molar-refractivity contribution is 7.89. The molecule has 0 unspecified atom stereocenters. The Balaban J connectivity index is 1.81. The van der Waals surface area contributed by atoms with Gasteiger partial charge in [-0.25, -0.2) is 8.42 Å². The zero-order valence-corrected chi connectivity index (χ0v) is 17.8. The van der Waals surface area contributed by atoms with Gasteiger partial charge in [-0.15, -0.1) is 0 Å². The van der Waals surface area contributed by atoms with E-state index in [-0.39, 0.29) is 11.6 Å². The number of ether oxygens (including phenoxy) is 2. The minimum atomic E-state index is -4.94. The Labute approximate surface area is 181 Å².